The van der Waals surface area contributed by atoms with Gasteiger partial charge in [-0.2, -0.15) is 0 Å². The maximum Gasteiger partial charge on any atom is 0.235 e. The Morgan fingerprint density at radius 2 is 2.08 bits per heavy atom. The fraction of sp³-hybridized carbons (Fsp3) is 0.737. The van der Waals surface area contributed by atoms with Crippen LogP contribution in [0.2, 0.25) is 0 Å². The second kappa shape index (κ2) is 6.37. The highest BCUT2D eigenvalue weighted by molar-refractivity contribution is 6.07. The number of nitrogens with two attached hydrogens (primary N) is 1. The van der Waals surface area contributed by atoms with Crippen molar-refractivity contribution in [3.05, 3.63) is 18.2 Å². The van der Waals surface area contributed by atoms with Crippen molar-refractivity contribution < 1.29 is 9.59 Å². The lowest BCUT2D eigenvalue weighted by atomic mass is 9.90. The molecule has 7 nitrogen and oxygen atoms in total. The SMILES string of the molecule is CC(C)[C@H]1CN(Cc2cncn2C2CC2)C[C@@H]1NC(=O)C1(C(N)=O)CC1. The third-order valence-electron chi connectivity index (χ3n) is 6.34. The van der Waals surface area contributed by atoms with Gasteiger partial charge in [0.15, 0.2) is 0 Å². The molecule has 26 heavy (non-hydrogen) atoms. The van der Waals surface area contributed by atoms with Crippen molar-refractivity contribution >= 4 is 11.8 Å². The number of carbonyl (C=O) groups excluding carboxylic acids is 2. The van der Waals surface area contributed by atoms with Gasteiger partial charge in [0.1, 0.15) is 5.41 Å². The molecule has 0 spiro atoms. The molecule has 2 heterocycles. The Hall–Kier alpha value is -1.89. The van der Waals surface area contributed by atoms with Crippen LogP contribution in [0.3, 0.4) is 0 Å². The van der Waals surface area contributed by atoms with E-state index in [1.807, 2.05) is 12.5 Å². The predicted octanol–water partition coefficient (Wildman–Crippen LogP) is 1.06. The molecule has 1 aliphatic heterocycles. The van der Waals surface area contributed by atoms with Gasteiger partial charge in [-0.1, -0.05) is 13.8 Å². The molecule has 3 fully saturated rings. The van der Waals surface area contributed by atoms with Gasteiger partial charge in [0.2, 0.25) is 11.8 Å². The molecule has 7 heteroatoms. The molecule has 0 bridgehead atoms. The molecule has 2 amide bonds. The molecule has 4 rings (SSSR count). The largest absolute Gasteiger partial charge is 0.369 e. The van der Waals surface area contributed by atoms with E-state index in [4.69, 9.17) is 5.73 Å². The van der Waals surface area contributed by atoms with E-state index in [0.717, 1.165) is 19.6 Å². The zero-order valence-electron chi connectivity index (χ0n) is 15.6. The fourth-order valence-corrected chi connectivity index (χ4v) is 4.25. The van der Waals surface area contributed by atoms with Gasteiger partial charge in [-0.05, 0) is 37.5 Å². The van der Waals surface area contributed by atoms with Gasteiger partial charge in [-0.3, -0.25) is 14.5 Å². The van der Waals surface area contributed by atoms with E-state index in [1.54, 1.807) is 0 Å². The molecule has 1 aromatic rings. The quantitative estimate of drug-likeness (QED) is 0.712. The average Bonchev–Trinajstić information content (AvgIpc) is 3.50. The van der Waals surface area contributed by atoms with Crippen LogP contribution in [0, 0.1) is 17.3 Å². The summed E-state index contributed by atoms with van der Waals surface area (Å²) >= 11 is 0. The van der Waals surface area contributed by atoms with Crippen LogP contribution in [0.5, 0.6) is 0 Å². The normalized spacial score (nSPS) is 27.7. The van der Waals surface area contributed by atoms with Crippen LogP contribution < -0.4 is 11.1 Å². The van der Waals surface area contributed by atoms with E-state index in [9.17, 15) is 9.59 Å². The fourth-order valence-electron chi connectivity index (χ4n) is 4.25. The van der Waals surface area contributed by atoms with Crippen LogP contribution in [0.15, 0.2) is 12.5 Å². The second-order valence-corrected chi connectivity index (χ2v) is 8.65. The summed E-state index contributed by atoms with van der Waals surface area (Å²) in [5.41, 5.74) is 5.75. The van der Waals surface area contributed by atoms with Crippen LogP contribution in [0.1, 0.15) is 51.3 Å². The summed E-state index contributed by atoms with van der Waals surface area (Å²) in [5, 5.41) is 3.15. The molecule has 142 valence electrons. The van der Waals surface area contributed by atoms with Gasteiger partial charge in [0.05, 0.1) is 12.0 Å². The van der Waals surface area contributed by atoms with Crippen molar-refractivity contribution in [2.75, 3.05) is 13.1 Å². The molecule has 2 saturated carbocycles. The molecule has 3 N–H and O–H groups in total. The van der Waals surface area contributed by atoms with Crippen LogP contribution in [0.25, 0.3) is 0 Å². The molecule has 1 saturated heterocycles. The highest BCUT2D eigenvalue weighted by atomic mass is 16.2. The summed E-state index contributed by atoms with van der Waals surface area (Å²) in [5.74, 6) is 0.173. The van der Waals surface area contributed by atoms with Gasteiger partial charge in [-0.15, -0.1) is 0 Å². The van der Waals surface area contributed by atoms with Crippen LogP contribution in [-0.2, 0) is 16.1 Å². The first-order valence-corrected chi connectivity index (χ1v) is 9.74. The number of imidazole rings is 1. The number of nitrogens with zero attached hydrogens (tertiary/aromatic N) is 3. The van der Waals surface area contributed by atoms with Gasteiger partial charge in [0, 0.05) is 37.9 Å². The molecule has 0 aromatic carbocycles. The maximum absolute atomic E-state index is 12.6. The number of carbonyl (C=O) groups is 2. The number of hydrogen-bond donors (Lipinski definition) is 2. The van der Waals surface area contributed by atoms with E-state index in [0.29, 0.717) is 30.7 Å². The van der Waals surface area contributed by atoms with Crippen LogP contribution in [-0.4, -0.2) is 45.4 Å². The lowest BCUT2D eigenvalue weighted by molar-refractivity contribution is -0.136. The molecular weight excluding hydrogens is 330 g/mol. The minimum atomic E-state index is -0.945. The van der Waals surface area contributed by atoms with Crippen molar-refractivity contribution in [1.82, 2.24) is 19.8 Å². The number of nitrogens with one attached hydrogen (secondary N) is 1. The van der Waals surface area contributed by atoms with Crippen molar-refractivity contribution in [2.24, 2.45) is 23.0 Å². The predicted molar refractivity (Wildman–Crippen MR) is 96.9 cm³/mol. The highest BCUT2D eigenvalue weighted by Crippen LogP contribution is 2.46. The highest BCUT2D eigenvalue weighted by Gasteiger charge is 2.56. The molecule has 2 atom stereocenters. The lowest BCUT2D eigenvalue weighted by Gasteiger charge is -2.24. The Kier molecular flexibility index (Phi) is 4.29. The summed E-state index contributed by atoms with van der Waals surface area (Å²) in [6.07, 6.45) is 7.54. The number of hydrogen-bond acceptors (Lipinski definition) is 4. The topological polar surface area (TPSA) is 93.2 Å². The van der Waals surface area contributed by atoms with Crippen LogP contribution >= 0.6 is 0 Å². The monoisotopic (exact) mass is 359 g/mol. The third-order valence-corrected chi connectivity index (χ3v) is 6.34. The first-order chi connectivity index (χ1) is 12.4. The van der Waals surface area contributed by atoms with Gasteiger partial charge < -0.3 is 15.6 Å². The minimum Gasteiger partial charge on any atom is -0.369 e. The molecular formula is C19H29N5O2. The summed E-state index contributed by atoms with van der Waals surface area (Å²) in [4.78, 5) is 31.0. The Bertz CT molecular complexity index is 705. The summed E-state index contributed by atoms with van der Waals surface area (Å²) in [6, 6.07) is 0.688. The Labute approximate surface area is 154 Å². The number of rotatable bonds is 7. The van der Waals surface area contributed by atoms with Crippen molar-refractivity contribution in [3.8, 4) is 0 Å². The Morgan fingerprint density at radius 1 is 1.35 bits per heavy atom. The van der Waals surface area contributed by atoms with Gasteiger partial charge in [-0.25, -0.2) is 4.98 Å². The summed E-state index contributed by atoms with van der Waals surface area (Å²) < 4.78 is 2.29. The first kappa shape index (κ1) is 17.5. The average molecular weight is 359 g/mol. The van der Waals surface area contributed by atoms with Gasteiger partial charge >= 0.3 is 0 Å². The van der Waals surface area contributed by atoms with Crippen LogP contribution in [0.4, 0.5) is 0 Å². The lowest BCUT2D eigenvalue weighted by Crippen LogP contribution is -2.48. The Morgan fingerprint density at radius 3 is 2.65 bits per heavy atom. The van der Waals surface area contributed by atoms with Crippen molar-refractivity contribution in [3.63, 3.8) is 0 Å². The molecule has 0 unspecified atom stereocenters. The summed E-state index contributed by atoms with van der Waals surface area (Å²) in [6.45, 7) is 7.00. The molecule has 1 aromatic heterocycles. The van der Waals surface area contributed by atoms with Crippen molar-refractivity contribution in [1.29, 1.82) is 0 Å². The number of aromatic nitrogens is 2. The minimum absolute atomic E-state index is 0.0663. The standard InChI is InChI=1S/C19H29N5O2/c1-12(2)15-9-23(8-14-7-21-11-24(14)13-3-4-13)10-16(15)22-18(26)19(5-6-19)17(20)25/h7,11-13,15-16H,3-6,8-10H2,1-2H3,(H2,20,25)(H,22,26)/t15-,16+/m1/s1. The zero-order chi connectivity index (χ0) is 18.5. The number of likely N-dealkylation sites (tertiary alicyclic amines) is 1. The number of amides is 2. The van der Waals surface area contributed by atoms with E-state index >= 15 is 0 Å². The molecule has 3 aliphatic rings. The van der Waals surface area contributed by atoms with E-state index in [-0.39, 0.29) is 11.9 Å². The number of primary amides is 1. The maximum atomic E-state index is 12.6. The first-order valence-electron chi connectivity index (χ1n) is 9.74. The van der Waals surface area contributed by atoms with E-state index < -0.39 is 11.3 Å². The van der Waals surface area contributed by atoms with Crippen molar-refractivity contribution in [2.45, 2.75) is 58.2 Å². The smallest absolute Gasteiger partial charge is 0.235 e. The van der Waals surface area contributed by atoms with E-state index in [2.05, 4.69) is 33.6 Å². The zero-order valence-corrected chi connectivity index (χ0v) is 15.6. The van der Waals surface area contributed by atoms with Gasteiger partial charge in [0.25, 0.3) is 0 Å². The second-order valence-electron chi connectivity index (χ2n) is 8.65. The Balaban J connectivity index is 1.42. The third kappa shape index (κ3) is 3.13. The van der Waals surface area contributed by atoms with E-state index in [1.165, 1.54) is 18.5 Å². The molecule has 2 aliphatic carbocycles. The summed E-state index contributed by atoms with van der Waals surface area (Å²) in [7, 11) is 0. The molecule has 0 radical (unpaired) electrons.